The molecule has 0 aliphatic heterocycles. The molecule has 6 heavy (non-hydrogen) atoms. The zero-order chi connectivity index (χ0) is 5.21. The van der Waals surface area contributed by atoms with E-state index in [1.807, 2.05) is 0 Å². The van der Waals surface area contributed by atoms with Crippen molar-refractivity contribution in [3.63, 3.8) is 0 Å². The van der Waals surface area contributed by atoms with E-state index >= 15 is 0 Å². The average Bonchev–Trinajstić information content (AvgIpc) is 1.35. The van der Waals surface area contributed by atoms with Gasteiger partial charge in [0.15, 0.2) is 0 Å². The summed E-state index contributed by atoms with van der Waals surface area (Å²) in [5, 5.41) is 0. The summed E-state index contributed by atoms with van der Waals surface area (Å²) in [4.78, 5) is 0. The molecule has 0 unspecified atom stereocenters. The third kappa shape index (κ3) is 4.56. The normalized spacial score (nSPS) is 11.8. The molecular formula is CH3IrO3S. The predicted octanol–water partition coefficient (Wildman–Crippen LogP) is -0.621. The van der Waals surface area contributed by atoms with Crippen LogP contribution >= 0.6 is 0 Å². The Morgan fingerprint density at radius 3 is 1.83 bits per heavy atom. The van der Waals surface area contributed by atoms with Crippen LogP contribution in [0, 0.1) is 0 Å². The summed E-state index contributed by atoms with van der Waals surface area (Å²) in [5.74, 6) is 0. The second-order valence-corrected chi connectivity index (χ2v) is 4.11. The molecule has 40 valence electrons. The summed E-state index contributed by atoms with van der Waals surface area (Å²) in [6.07, 6.45) is 0. The van der Waals surface area contributed by atoms with E-state index in [4.69, 9.17) is 4.55 Å². The Balaban J connectivity index is 3.85. The second kappa shape index (κ2) is 2.02. The minimum absolute atomic E-state index is 0.201. The van der Waals surface area contributed by atoms with Crippen molar-refractivity contribution in [2.24, 2.45) is 0 Å². The monoisotopic (exact) mass is 288 g/mol. The van der Waals surface area contributed by atoms with E-state index in [0.29, 0.717) is 0 Å². The Morgan fingerprint density at radius 1 is 1.67 bits per heavy atom. The van der Waals surface area contributed by atoms with Crippen LogP contribution in [-0.4, -0.2) is 17.2 Å². The van der Waals surface area contributed by atoms with Crippen molar-refractivity contribution < 1.29 is 31.9 Å². The summed E-state index contributed by atoms with van der Waals surface area (Å²) in [6, 6.07) is 0. The van der Waals surface area contributed by atoms with E-state index in [9.17, 15) is 8.42 Å². The maximum absolute atomic E-state index is 9.56. The molecule has 1 N–H and O–H groups in total. The molecule has 0 aromatic rings. The Labute approximate surface area is 46.7 Å². The van der Waals surface area contributed by atoms with Crippen LogP contribution in [0.1, 0.15) is 0 Å². The molecule has 0 aromatic carbocycles. The van der Waals surface area contributed by atoms with Gasteiger partial charge in [0.25, 0.3) is 0 Å². The summed E-state index contributed by atoms with van der Waals surface area (Å²) in [5.41, 5.74) is 0. The first-order valence-electron chi connectivity index (χ1n) is 1.04. The molecule has 0 radical (unpaired) electrons. The third-order valence-electron chi connectivity index (χ3n) is 0.122. The van der Waals surface area contributed by atoms with E-state index in [1.54, 1.807) is 0 Å². The fourth-order valence-electron chi connectivity index (χ4n) is 0. The van der Waals surface area contributed by atoms with Gasteiger partial charge in [-0.2, -0.15) is 0 Å². The first-order chi connectivity index (χ1) is 2.56. The van der Waals surface area contributed by atoms with E-state index < -0.39 is 10.1 Å². The molecule has 3 nitrogen and oxygen atoms in total. The van der Waals surface area contributed by atoms with Gasteiger partial charge in [-0.3, -0.25) is 0 Å². The van der Waals surface area contributed by atoms with Crippen LogP contribution in [0.15, 0.2) is 0 Å². The van der Waals surface area contributed by atoms with Gasteiger partial charge in [-0.1, -0.05) is 0 Å². The minimum atomic E-state index is -3.66. The van der Waals surface area contributed by atoms with Gasteiger partial charge in [-0.15, -0.1) is 0 Å². The van der Waals surface area contributed by atoms with Crippen LogP contribution in [0.25, 0.3) is 0 Å². The maximum atomic E-state index is 9.56. The molecule has 0 heterocycles. The van der Waals surface area contributed by atoms with Gasteiger partial charge in [0.1, 0.15) is 0 Å². The van der Waals surface area contributed by atoms with Crippen LogP contribution in [0.2, 0.25) is 0 Å². The Morgan fingerprint density at radius 2 is 1.83 bits per heavy atom. The van der Waals surface area contributed by atoms with Gasteiger partial charge in [-0.05, 0) is 0 Å². The SMILES string of the molecule is O=S(=O)(O)[CH2][Ir]. The molecule has 0 amide bonds. The molecule has 0 bridgehead atoms. The quantitative estimate of drug-likeness (QED) is 0.654. The van der Waals surface area contributed by atoms with Crippen LogP contribution in [0.4, 0.5) is 0 Å². The van der Waals surface area contributed by atoms with Crippen molar-refractivity contribution >= 4 is 10.1 Å². The van der Waals surface area contributed by atoms with Crippen molar-refractivity contribution in [2.75, 3.05) is 4.27 Å². The predicted molar refractivity (Wildman–Crippen MR) is 16.4 cm³/mol. The van der Waals surface area contributed by atoms with Crippen molar-refractivity contribution in [1.29, 1.82) is 0 Å². The summed E-state index contributed by atoms with van der Waals surface area (Å²) >= 11 is 1.37. The van der Waals surface area contributed by atoms with Gasteiger partial charge < -0.3 is 0 Å². The molecule has 0 aromatic heterocycles. The first kappa shape index (κ1) is 6.56. The average molecular weight is 287 g/mol. The fourth-order valence-corrected chi connectivity index (χ4v) is 0. The Bertz CT molecular complexity index is 113. The molecular weight excluding hydrogens is 284 g/mol. The van der Waals surface area contributed by atoms with Crippen molar-refractivity contribution in [3.05, 3.63) is 0 Å². The van der Waals surface area contributed by atoms with Gasteiger partial charge in [0.2, 0.25) is 0 Å². The molecule has 0 rings (SSSR count). The molecule has 0 fully saturated rings. The number of hydrogen-bond donors (Lipinski definition) is 1. The molecule has 0 aliphatic carbocycles. The van der Waals surface area contributed by atoms with Crippen molar-refractivity contribution in [3.8, 4) is 0 Å². The molecule has 5 heteroatoms. The topological polar surface area (TPSA) is 54.4 Å². The van der Waals surface area contributed by atoms with Gasteiger partial charge in [0.05, 0.1) is 0 Å². The van der Waals surface area contributed by atoms with Crippen LogP contribution in [-0.2, 0) is 29.0 Å². The van der Waals surface area contributed by atoms with E-state index in [2.05, 4.69) is 0 Å². The number of rotatable bonds is 1. The van der Waals surface area contributed by atoms with Gasteiger partial charge >= 0.3 is 46.3 Å². The summed E-state index contributed by atoms with van der Waals surface area (Å²) in [6.45, 7) is 0. The first-order valence-corrected chi connectivity index (χ1v) is 4.34. The Hall–Kier alpha value is 0.559. The van der Waals surface area contributed by atoms with E-state index in [-0.39, 0.29) is 4.27 Å². The van der Waals surface area contributed by atoms with Crippen LogP contribution in [0.5, 0.6) is 0 Å². The zero-order valence-corrected chi connectivity index (χ0v) is 5.92. The number of hydrogen-bond acceptors (Lipinski definition) is 2. The third-order valence-corrected chi connectivity index (χ3v) is 2.99. The molecule has 0 saturated carbocycles. The molecule has 0 saturated heterocycles. The molecule has 0 aliphatic rings. The standard InChI is InChI=1S/CH3O3S.Ir/c1-5(2,3)4;/h1H2,(H,2,3,4);. The van der Waals surface area contributed by atoms with E-state index in [0.717, 1.165) is 0 Å². The Kier molecular flexibility index (Phi) is 2.21. The van der Waals surface area contributed by atoms with Crippen molar-refractivity contribution in [2.45, 2.75) is 0 Å². The van der Waals surface area contributed by atoms with Crippen LogP contribution in [0.3, 0.4) is 0 Å². The van der Waals surface area contributed by atoms with Crippen molar-refractivity contribution in [1.82, 2.24) is 0 Å². The second-order valence-electron chi connectivity index (χ2n) is 0.678. The molecule has 0 spiro atoms. The molecule has 0 atom stereocenters. The van der Waals surface area contributed by atoms with Gasteiger partial charge in [-0.25, -0.2) is 0 Å². The fraction of sp³-hybridized carbons (Fsp3) is 1.00. The zero-order valence-electron chi connectivity index (χ0n) is 2.71. The van der Waals surface area contributed by atoms with Gasteiger partial charge in [0, 0.05) is 0 Å². The summed E-state index contributed by atoms with van der Waals surface area (Å²) in [7, 11) is -3.66. The van der Waals surface area contributed by atoms with E-state index in [1.165, 1.54) is 18.9 Å². The summed E-state index contributed by atoms with van der Waals surface area (Å²) < 4.78 is 26.7. The van der Waals surface area contributed by atoms with Crippen LogP contribution < -0.4 is 0 Å².